The van der Waals surface area contributed by atoms with Gasteiger partial charge in [-0.2, -0.15) is 0 Å². The molecular formula is C22H31FN2O5S. The zero-order chi connectivity index (χ0) is 22.6. The SMILES string of the molecule is C[C@@H](CS(=O)(=O)CCCCCC1(C)NC(=O)NC1=O)c1ccc(F)c(OCC2CC2)c1. The molecule has 1 saturated heterocycles. The Kier molecular flexibility index (Phi) is 7.24. The number of carbonyl (C=O) groups excluding carboxylic acids is 2. The van der Waals surface area contributed by atoms with Gasteiger partial charge in [0, 0.05) is 0 Å². The van der Waals surface area contributed by atoms with Gasteiger partial charge in [0.05, 0.1) is 18.1 Å². The Labute approximate surface area is 183 Å². The molecule has 2 fully saturated rings. The van der Waals surface area contributed by atoms with Crippen molar-refractivity contribution in [3.05, 3.63) is 29.6 Å². The van der Waals surface area contributed by atoms with Gasteiger partial charge >= 0.3 is 6.03 Å². The fourth-order valence-electron chi connectivity index (χ4n) is 3.72. The molecule has 0 aromatic heterocycles. The average Bonchev–Trinajstić information content (AvgIpc) is 3.46. The van der Waals surface area contributed by atoms with Crippen LogP contribution >= 0.6 is 0 Å². The van der Waals surface area contributed by atoms with Crippen molar-refractivity contribution in [3.63, 3.8) is 0 Å². The van der Waals surface area contributed by atoms with Gasteiger partial charge in [-0.05, 0) is 62.1 Å². The molecule has 0 bridgehead atoms. The first kappa shape index (κ1) is 23.5. The quantitative estimate of drug-likeness (QED) is 0.373. The lowest BCUT2D eigenvalue weighted by molar-refractivity contribution is -0.123. The van der Waals surface area contributed by atoms with Crippen LogP contribution in [0.25, 0.3) is 0 Å². The van der Waals surface area contributed by atoms with Crippen LogP contribution in [0.1, 0.15) is 63.9 Å². The molecule has 172 valence electrons. The number of halogens is 1. The molecule has 2 aliphatic rings. The van der Waals surface area contributed by atoms with Crippen LogP contribution in [0.3, 0.4) is 0 Å². The lowest BCUT2D eigenvalue weighted by Gasteiger charge is -2.20. The van der Waals surface area contributed by atoms with Gasteiger partial charge in [-0.3, -0.25) is 10.1 Å². The van der Waals surface area contributed by atoms with Crippen LogP contribution in [0, 0.1) is 11.7 Å². The van der Waals surface area contributed by atoms with E-state index >= 15 is 0 Å². The van der Waals surface area contributed by atoms with E-state index in [9.17, 15) is 22.4 Å². The third-order valence-corrected chi connectivity index (χ3v) is 7.87. The molecule has 1 aliphatic heterocycles. The summed E-state index contributed by atoms with van der Waals surface area (Å²) >= 11 is 0. The molecule has 0 spiro atoms. The lowest BCUT2D eigenvalue weighted by atomic mass is 9.95. The van der Waals surface area contributed by atoms with Crippen molar-refractivity contribution in [2.75, 3.05) is 18.1 Å². The van der Waals surface area contributed by atoms with E-state index in [1.807, 2.05) is 6.92 Å². The summed E-state index contributed by atoms with van der Waals surface area (Å²) in [7, 11) is -3.29. The zero-order valence-corrected chi connectivity index (χ0v) is 18.9. The molecule has 31 heavy (non-hydrogen) atoms. The van der Waals surface area contributed by atoms with Crippen LogP contribution in [0.4, 0.5) is 9.18 Å². The minimum atomic E-state index is -3.29. The third kappa shape index (κ3) is 6.66. The van der Waals surface area contributed by atoms with Gasteiger partial charge in [0.1, 0.15) is 5.54 Å². The Hall–Kier alpha value is -2.16. The first-order valence-electron chi connectivity index (χ1n) is 10.8. The minimum absolute atomic E-state index is 0.0170. The maximum Gasteiger partial charge on any atom is 0.322 e. The highest BCUT2D eigenvalue weighted by Gasteiger charge is 2.41. The van der Waals surface area contributed by atoms with Gasteiger partial charge in [-0.15, -0.1) is 0 Å². The Morgan fingerprint density at radius 2 is 1.97 bits per heavy atom. The number of ether oxygens (including phenoxy) is 1. The van der Waals surface area contributed by atoms with Gasteiger partial charge in [-0.1, -0.05) is 25.8 Å². The number of hydrogen-bond donors (Lipinski definition) is 2. The zero-order valence-electron chi connectivity index (χ0n) is 18.1. The van der Waals surface area contributed by atoms with Gasteiger partial charge in [-0.25, -0.2) is 17.6 Å². The molecule has 0 radical (unpaired) electrons. The number of rotatable bonds is 12. The van der Waals surface area contributed by atoms with Crippen molar-refractivity contribution < 1.29 is 27.1 Å². The predicted octanol–water partition coefficient (Wildman–Crippen LogP) is 3.29. The van der Waals surface area contributed by atoms with Crippen molar-refractivity contribution in [2.45, 2.75) is 63.8 Å². The molecule has 3 rings (SSSR count). The van der Waals surface area contributed by atoms with E-state index in [4.69, 9.17) is 4.74 Å². The summed E-state index contributed by atoms with van der Waals surface area (Å²) in [5.41, 5.74) is -0.182. The van der Waals surface area contributed by atoms with E-state index < -0.39 is 27.2 Å². The number of benzene rings is 1. The first-order chi connectivity index (χ1) is 14.6. The summed E-state index contributed by atoms with van der Waals surface area (Å²) in [5.74, 6) is -0.326. The van der Waals surface area contributed by atoms with Crippen LogP contribution in [0.5, 0.6) is 5.75 Å². The fraction of sp³-hybridized carbons (Fsp3) is 0.636. The Morgan fingerprint density at radius 3 is 2.61 bits per heavy atom. The molecular weight excluding hydrogens is 423 g/mol. The molecule has 1 unspecified atom stereocenters. The summed E-state index contributed by atoms with van der Waals surface area (Å²) in [6, 6.07) is 4.06. The Balaban J connectivity index is 1.44. The number of imide groups is 1. The van der Waals surface area contributed by atoms with Gasteiger partial charge in [0.15, 0.2) is 21.4 Å². The van der Waals surface area contributed by atoms with Crippen LogP contribution in [-0.4, -0.2) is 44.0 Å². The summed E-state index contributed by atoms with van der Waals surface area (Å²) < 4.78 is 44.6. The van der Waals surface area contributed by atoms with E-state index in [1.165, 1.54) is 6.07 Å². The van der Waals surface area contributed by atoms with E-state index in [1.54, 1.807) is 19.1 Å². The van der Waals surface area contributed by atoms with Crippen molar-refractivity contribution in [1.82, 2.24) is 10.6 Å². The van der Waals surface area contributed by atoms with Crippen LogP contribution in [-0.2, 0) is 14.6 Å². The van der Waals surface area contributed by atoms with Gasteiger partial charge < -0.3 is 10.1 Å². The van der Waals surface area contributed by atoms with E-state index in [-0.39, 0.29) is 29.1 Å². The summed E-state index contributed by atoms with van der Waals surface area (Å²) in [6.07, 6.45) is 4.44. The number of urea groups is 1. The molecule has 1 aromatic rings. The standard InChI is InChI=1S/C22H31FN2O5S/c1-15(17-8-9-18(23)19(12-17)30-13-16-6-7-16)14-31(28,29)11-5-3-4-10-22(2)20(26)24-21(27)25-22/h8-9,12,15-16H,3-7,10-11,13-14H2,1-2H3,(H2,24,25,26,27)/t15-,22?/m0/s1. The van der Waals surface area contributed by atoms with Crippen molar-refractivity contribution in [3.8, 4) is 5.75 Å². The number of carbonyl (C=O) groups is 2. The largest absolute Gasteiger partial charge is 0.490 e. The van der Waals surface area contributed by atoms with Crippen LogP contribution in [0.2, 0.25) is 0 Å². The van der Waals surface area contributed by atoms with Crippen molar-refractivity contribution in [2.24, 2.45) is 5.92 Å². The molecule has 9 heteroatoms. The lowest BCUT2D eigenvalue weighted by Crippen LogP contribution is -2.43. The van der Waals surface area contributed by atoms with Crippen LogP contribution in [0.15, 0.2) is 18.2 Å². The summed E-state index contributed by atoms with van der Waals surface area (Å²) in [6.45, 7) is 3.98. The third-order valence-electron chi connectivity index (χ3n) is 5.95. The van der Waals surface area contributed by atoms with Gasteiger partial charge in [0.25, 0.3) is 5.91 Å². The van der Waals surface area contributed by atoms with E-state index in [0.29, 0.717) is 38.2 Å². The number of amides is 3. The molecule has 1 aliphatic carbocycles. The van der Waals surface area contributed by atoms with E-state index in [0.717, 1.165) is 18.4 Å². The number of unbranched alkanes of at least 4 members (excludes halogenated alkanes) is 2. The second kappa shape index (κ2) is 9.54. The highest BCUT2D eigenvalue weighted by Crippen LogP contribution is 2.31. The topological polar surface area (TPSA) is 102 Å². The second-order valence-electron chi connectivity index (χ2n) is 9.01. The minimum Gasteiger partial charge on any atom is -0.490 e. The molecule has 1 heterocycles. The molecule has 2 N–H and O–H groups in total. The summed E-state index contributed by atoms with van der Waals surface area (Å²) in [4.78, 5) is 23.1. The first-order valence-corrected chi connectivity index (χ1v) is 12.7. The monoisotopic (exact) mass is 454 g/mol. The Bertz CT molecular complexity index is 932. The molecule has 3 amide bonds. The maximum absolute atomic E-state index is 14.0. The number of nitrogens with one attached hydrogen (secondary N) is 2. The Morgan fingerprint density at radius 1 is 1.23 bits per heavy atom. The van der Waals surface area contributed by atoms with Crippen molar-refractivity contribution in [1.29, 1.82) is 0 Å². The fourth-order valence-corrected chi connectivity index (χ4v) is 5.49. The van der Waals surface area contributed by atoms with Crippen molar-refractivity contribution >= 4 is 21.8 Å². The summed E-state index contributed by atoms with van der Waals surface area (Å²) in [5, 5.41) is 4.82. The molecule has 1 aromatic carbocycles. The smallest absolute Gasteiger partial charge is 0.322 e. The highest BCUT2D eigenvalue weighted by atomic mass is 32.2. The van der Waals surface area contributed by atoms with Crippen LogP contribution < -0.4 is 15.4 Å². The van der Waals surface area contributed by atoms with Gasteiger partial charge in [0.2, 0.25) is 0 Å². The molecule has 7 nitrogen and oxygen atoms in total. The number of sulfone groups is 1. The average molecular weight is 455 g/mol. The highest BCUT2D eigenvalue weighted by molar-refractivity contribution is 7.91. The van der Waals surface area contributed by atoms with E-state index in [2.05, 4.69) is 10.6 Å². The molecule has 2 atom stereocenters. The predicted molar refractivity (Wildman–Crippen MR) is 115 cm³/mol. The second-order valence-corrected chi connectivity index (χ2v) is 11.2. The number of hydrogen-bond acceptors (Lipinski definition) is 5. The molecule has 1 saturated carbocycles. The maximum atomic E-state index is 14.0. The normalized spacial score (nSPS) is 22.2.